The van der Waals surface area contributed by atoms with Crippen molar-refractivity contribution in [3.05, 3.63) is 71.9 Å². The highest BCUT2D eigenvalue weighted by Crippen LogP contribution is 2.29. The predicted octanol–water partition coefficient (Wildman–Crippen LogP) is 2.21. The standard InChI is InChI=1S/C22H20N4O4/c23-21(29)19(8-9-20(27)28)25-13-15-12-16(6-7-17(15)22(25)30)26-18(10-11-24-26)14-4-2-1-3-5-14/h1-7,10-12,19H,8-9,13H2,(H2,23,29)(H,27,28). The Kier molecular flexibility index (Phi) is 5.05. The zero-order valence-corrected chi connectivity index (χ0v) is 16.1. The zero-order valence-electron chi connectivity index (χ0n) is 16.1. The Hall–Kier alpha value is -3.94. The van der Waals surface area contributed by atoms with Gasteiger partial charge < -0.3 is 15.7 Å². The molecule has 0 aliphatic carbocycles. The quantitative estimate of drug-likeness (QED) is 0.626. The molecule has 0 saturated heterocycles. The lowest BCUT2D eigenvalue weighted by Crippen LogP contribution is -2.45. The Labute approximate surface area is 172 Å². The highest BCUT2D eigenvalue weighted by Gasteiger charge is 2.35. The lowest BCUT2D eigenvalue weighted by Gasteiger charge is -2.24. The van der Waals surface area contributed by atoms with Crippen molar-refractivity contribution in [2.24, 2.45) is 5.73 Å². The molecule has 3 aromatic rings. The number of nitrogens with two attached hydrogens (primary N) is 1. The summed E-state index contributed by atoms with van der Waals surface area (Å²) in [6, 6.07) is 16.2. The molecule has 2 amide bonds. The summed E-state index contributed by atoms with van der Waals surface area (Å²) in [6.45, 7) is 0.192. The van der Waals surface area contributed by atoms with Gasteiger partial charge in [-0.3, -0.25) is 14.4 Å². The number of hydrogen-bond acceptors (Lipinski definition) is 4. The molecule has 1 aliphatic heterocycles. The number of carboxylic acid groups (broad SMARTS) is 1. The monoisotopic (exact) mass is 404 g/mol. The number of aromatic nitrogens is 2. The van der Waals surface area contributed by atoms with Crippen LogP contribution in [-0.4, -0.2) is 43.6 Å². The van der Waals surface area contributed by atoms with E-state index in [1.807, 2.05) is 42.5 Å². The highest BCUT2D eigenvalue weighted by molar-refractivity contribution is 6.01. The van der Waals surface area contributed by atoms with Crippen LogP contribution in [0.4, 0.5) is 0 Å². The van der Waals surface area contributed by atoms with Gasteiger partial charge in [-0.2, -0.15) is 5.10 Å². The summed E-state index contributed by atoms with van der Waals surface area (Å²) in [5.74, 6) is -2.08. The van der Waals surface area contributed by atoms with Gasteiger partial charge in [0.2, 0.25) is 5.91 Å². The van der Waals surface area contributed by atoms with Crippen LogP contribution in [0.5, 0.6) is 0 Å². The van der Waals surface area contributed by atoms with Crippen molar-refractivity contribution in [2.75, 3.05) is 0 Å². The first-order chi connectivity index (χ1) is 14.5. The van der Waals surface area contributed by atoms with Gasteiger partial charge in [0, 0.05) is 24.1 Å². The lowest BCUT2D eigenvalue weighted by molar-refractivity contribution is -0.137. The minimum Gasteiger partial charge on any atom is -0.481 e. The van der Waals surface area contributed by atoms with Crippen LogP contribution >= 0.6 is 0 Å². The fourth-order valence-corrected chi connectivity index (χ4v) is 3.76. The minimum absolute atomic E-state index is 0.0193. The second-order valence-corrected chi connectivity index (χ2v) is 7.12. The van der Waals surface area contributed by atoms with Crippen LogP contribution < -0.4 is 5.73 Å². The Morgan fingerprint density at radius 1 is 1.13 bits per heavy atom. The first-order valence-corrected chi connectivity index (χ1v) is 9.50. The molecule has 1 aliphatic rings. The largest absolute Gasteiger partial charge is 0.481 e. The van der Waals surface area contributed by atoms with Crippen molar-refractivity contribution in [2.45, 2.75) is 25.4 Å². The van der Waals surface area contributed by atoms with Crippen molar-refractivity contribution in [1.82, 2.24) is 14.7 Å². The normalized spacial score (nSPS) is 13.9. The van der Waals surface area contributed by atoms with E-state index in [1.165, 1.54) is 4.90 Å². The van der Waals surface area contributed by atoms with E-state index in [0.29, 0.717) is 5.56 Å². The van der Waals surface area contributed by atoms with Crippen LogP contribution in [0.15, 0.2) is 60.8 Å². The third kappa shape index (κ3) is 3.55. The van der Waals surface area contributed by atoms with Crippen molar-refractivity contribution in [3.8, 4) is 16.9 Å². The third-order valence-corrected chi connectivity index (χ3v) is 5.21. The molecule has 8 heteroatoms. The Morgan fingerprint density at radius 2 is 1.90 bits per heavy atom. The number of amides is 2. The van der Waals surface area contributed by atoms with E-state index in [1.54, 1.807) is 23.0 Å². The van der Waals surface area contributed by atoms with Gasteiger partial charge in [0.1, 0.15) is 6.04 Å². The molecule has 0 radical (unpaired) electrons. The van der Waals surface area contributed by atoms with Crippen molar-refractivity contribution in [1.29, 1.82) is 0 Å². The van der Waals surface area contributed by atoms with Crippen LogP contribution in [0.2, 0.25) is 0 Å². The summed E-state index contributed by atoms with van der Waals surface area (Å²) in [4.78, 5) is 36.9. The lowest BCUT2D eigenvalue weighted by atomic mass is 10.1. The molecule has 152 valence electrons. The van der Waals surface area contributed by atoms with E-state index >= 15 is 0 Å². The van der Waals surface area contributed by atoms with Crippen molar-refractivity contribution >= 4 is 17.8 Å². The van der Waals surface area contributed by atoms with Crippen molar-refractivity contribution in [3.63, 3.8) is 0 Å². The summed E-state index contributed by atoms with van der Waals surface area (Å²) >= 11 is 0. The second-order valence-electron chi connectivity index (χ2n) is 7.12. The van der Waals surface area contributed by atoms with Crippen LogP contribution in [-0.2, 0) is 16.1 Å². The van der Waals surface area contributed by atoms with Crippen LogP contribution in [0.25, 0.3) is 16.9 Å². The SMILES string of the molecule is NC(=O)C(CCC(=O)O)N1Cc2cc(-n3nccc3-c3ccccc3)ccc2C1=O. The molecule has 0 bridgehead atoms. The molecule has 8 nitrogen and oxygen atoms in total. The molecule has 0 fully saturated rings. The number of aliphatic carboxylic acids is 1. The van der Waals surface area contributed by atoms with Crippen molar-refractivity contribution < 1.29 is 19.5 Å². The number of carbonyl (C=O) groups excluding carboxylic acids is 2. The van der Waals surface area contributed by atoms with E-state index in [0.717, 1.165) is 22.5 Å². The first kappa shape index (κ1) is 19.4. The number of carbonyl (C=O) groups is 3. The van der Waals surface area contributed by atoms with Gasteiger partial charge in [-0.05, 0) is 36.2 Å². The molecule has 2 heterocycles. The number of nitrogens with zero attached hydrogens (tertiary/aromatic N) is 3. The van der Waals surface area contributed by atoms with E-state index in [9.17, 15) is 14.4 Å². The number of primary amides is 1. The fourth-order valence-electron chi connectivity index (χ4n) is 3.76. The Morgan fingerprint density at radius 3 is 2.60 bits per heavy atom. The maximum absolute atomic E-state index is 12.8. The van der Waals surface area contributed by atoms with Gasteiger partial charge in [-0.25, -0.2) is 4.68 Å². The summed E-state index contributed by atoms with van der Waals surface area (Å²) in [7, 11) is 0. The number of hydrogen-bond donors (Lipinski definition) is 2. The zero-order chi connectivity index (χ0) is 21.3. The molecule has 3 N–H and O–H groups in total. The number of benzene rings is 2. The smallest absolute Gasteiger partial charge is 0.303 e. The molecule has 2 aromatic carbocycles. The molecule has 1 unspecified atom stereocenters. The molecule has 0 spiro atoms. The molecule has 1 aromatic heterocycles. The van der Waals surface area contributed by atoms with Gasteiger partial charge in [0.15, 0.2) is 0 Å². The minimum atomic E-state index is -1.04. The van der Waals surface area contributed by atoms with Gasteiger partial charge >= 0.3 is 5.97 Å². The van der Waals surface area contributed by atoms with Crippen LogP contribution in [0.3, 0.4) is 0 Å². The molecule has 0 saturated carbocycles. The Bertz CT molecular complexity index is 1120. The second kappa shape index (κ2) is 7.82. The first-order valence-electron chi connectivity index (χ1n) is 9.50. The van der Waals surface area contributed by atoms with E-state index in [2.05, 4.69) is 5.10 Å². The van der Waals surface area contributed by atoms with Gasteiger partial charge in [0.05, 0.1) is 17.6 Å². The summed E-state index contributed by atoms with van der Waals surface area (Å²) in [6.07, 6.45) is 1.45. The highest BCUT2D eigenvalue weighted by atomic mass is 16.4. The van der Waals surface area contributed by atoms with E-state index in [-0.39, 0.29) is 25.3 Å². The molecule has 30 heavy (non-hydrogen) atoms. The number of fused-ring (bicyclic) bond motifs is 1. The average molecular weight is 404 g/mol. The molecule has 4 rings (SSSR count). The van der Waals surface area contributed by atoms with Gasteiger partial charge in [-0.15, -0.1) is 0 Å². The summed E-state index contributed by atoms with van der Waals surface area (Å²) in [5.41, 5.74) is 9.38. The van der Waals surface area contributed by atoms with Gasteiger partial charge in [-0.1, -0.05) is 30.3 Å². The molecule has 1 atom stereocenters. The summed E-state index contributed by atoms with van der Waals surface area (Å²) in [5, 5.41) is 13.3. The number of carboxylic acids is 1. The predicted molar refractivity (Wildman–Crippen MR) is 109 cm³/mol. The molecular weight excluding hydrogens is 384 g/mol. The van der Waals surface area contributed by atoms with Crippen LogP contribution in [0.1, 0.15) is 28.8 Å². The van der Waals surface area contributed by atoms with E-state index < -0.39 is 17.9 Å². The maximum atomic E-state index is 12.8. The number of rotatable bonds is 7. The maximum Gasteiger partial charge on any atom is 0.303 e. The topological polar surface area (TPSA) is 119 Å². The Balaban J connectivity index is 1.64. The molecular formula is C22H20N4O4. The summed E-state index contributed by atoms with van der Waals surface area (Å²) < 4.78 is 1.79. The third-order valence-electron chi connectivity index (χ3n) is 5.21. The average Bonchev–Trinajstić information content (AvgIpc) is 3.34. The van der Waals surface area contributed by atoms with Crippen LogP contribution in [0, 0.1) is 0 Å². The van der Waals surface area contributed by atoms with Gasteiger partial charge in [0.25, 0.3) is 5.91 Å². The van der Waals surface area contributed by atoms with E-state index in [4.69, 9.17) is 10.8 Å². The fraction of sp³-hybridized carbons (Fsp3) is 0.182.